The summed E-state index contributed by atoms with van der Waals surface area (Å²) >= 11 is 0. The summed E-state index contributed by atoms with van der Waals surface area (Å²) in [4.78, 5) is 14.3. The van der Waals surface area contributed by atoms with Crippen LogP contribution in [0.5, 0.6) is 0 Å². The zero-order chi connectivity index (χ0) is 21.1. The summed E-state index contributed by atoms with van der Waals surface area (Å²) in [5.41, 5.74) is 0.263. The van der Waals surface area contributed by atoms with Crippen molar-refractivity contribution in [3.05, 3.63) is 24.3 Å². The third kappa shape index (κ3) is 5.27. The summed E-state index contributed by atoms with van der Waals surface area (Å²) in [7, 11) is -7.38. The van der Waals surface area contributed by atoms with Crippen LogP contribution in [0.2, 0.25) is 0 Å². The maximum Gasteiger partial charge on any atom is 0.243 e. The van der Waals surface area contributed by atoms with Gasteiger partial charge in [-0.05, 0) is 43.5 Å². The Hall–Kier alpha value is -1.69. The number of morpholine rings is 1. The molecule has 2 fully saturated rings. The highest BCUT2D eigenvalue weighted by Crippen LogP contribution is 2.23. The van der Waals surface area contributed by atoms with Crippen molar-refractivity contribution in [2.45, 2.75) is 24.2 Å². The van der Waals surface area contributed by atoms with Gasteiger partial charge in [-0.15, -0.1) is 0 Å². The molecule has 9 nitrogen and oxygen atoms in total. The van der Waals surface area contributed by atoms with E-state index in [4.69, 9.17) is 4.74 Å². The third-order valence-electron chi connectivity index (χ3n) is 5.12. The van der Waals surface area contributed by atoms with Crippen LogP contribution >= 0.6 is 0 Å². The molecule has 2 aliphatic rings. The fourth-order valence-corrected chi connectivity index (χ4v) is 5.74. The largest absolute Gasteiger partial charge is 0.379 e. The molecule has 0 radical (unpaired) electrons. The average molecular weight is 446 g/mol. The van der Waals surface area contributed by atoms with Crippen LogP contribution in [-0.4, -0.2) is 84.1 Å². The number of carbonyl (C=O) groups is 1. The van der Waals surface area contributed by atoms with Gasteiger partial charge in [-0.3, -0.25) is 9.10 Å². The fraction of sp³-hybridized carbons (Fsp3) is 0.611. The maximum absolute atomic E-state index is 12.7. The van der Waals surface area contributed by atoms with Crippen molar-refractivity contribution in [1.82, 2.24) is 9.21 Å². The molecule has 29 heavy (non-hydrogen) atoms. The van der Waals surface area contributed by atoms with Gasteiger partial charge in [0.15, 0.2) is 0 Å². The van der Waals surface area contributed by atoms with Crippen molar-refractivity contribution in [3.8, 4) is 0 Å². The smallest absolute Gasteiger partial charge is 0.243 e. The number of rotatable bonds is 6. The summed E-state index contributed by atoms with van der Waals surface area (Å²) in [5.74, 6) is -0.250. The van der Waals surface area contributed by atoms with E-state index in [1.54, 1.807) is 4.90 Å². The van der Waals surface area contributed by atoms with Crippen molar-refractivity contribution in [1.29, 1.82) is 0 Å². The predicted molar refractivity (Wildman–Crippen MR) is 109 cm³/mol. The molecule has 1 aromatic carbocycles. The lowest BCUT2D eigenvalue weighted by Crippen LogP contribution is -2.44. The van der Waals surface area contributed by atoms with E-state index < -0.39 is 20.0 Å². The number of benzene rings is 1. The number of hydrogen-bond acceptors (Lipinski definition) is 6. The van der Waals surface area contributed by atoms with Crippen LogP contribution in [0, 0.1) is 0 Å². The molecule has 0 aromatic heterocycles. The number of piperidine rings is 1. The minimum absolute atomic E-state index is 0.0824. The molecule has 0 aliphatic carbocycles. The summed E-state index contributed by atoms with van der Waals surface area (Å²) in [6, 6.07) is 5.61. The maximum atomic E-state index is 12.7. The first-order chi connectivity index (χ1) is 13.7. The van der Waals surface area contributed by atoms with Crippen LogP contribution in [0.3, 0.4) is 0 Å². The summed E-state index contributed by atoms with van der Waals surface area (Å²) in [6.07, 6.45) is 3.94. The standard InChI is InChI=1S/C18H27N3O6S2/c1-28(23,24)21(15-18(22)19-9-3-2-4-10-19)16-5-7-17(8-6-16)29(25,26)20-11-13-27-14-12-20/h5-8H,2-4,9-15H2,1H3. The molecular weight excluding hydrogens is 418 g/mol. The number of ether oxygens (including phenoxy) is 1. The first-order valence-electron chi connectivity index (χ1n) is 9.63. The highest BCUT2D eigenvalue weighted by atomic mass is 32.2. The van der Waals surface area contributed by atoms with Crippen LogP contribution in [0.4, 0.5) is 5.69 Å². The first kappa shape index (κ1) is 22.0. The van der Waals surface area contributed by atoms with Crippen molar-refractivity contribution in [3.63, 3.8) is 0 Å². The lowest BCUT2D eigenvalue weighted by molar-refractivity contribution is -0.130. The van der Waals surface area contributed by atoms with E-state index in [2.05, 4.69) is 0 Å². The Balaban J connectivity index is 1.79. The van der Waals surface area contributed by atoms with Gasteiger partial charge in [0.25, 0.3) is 0 Å². The van der Waals surface area contributed by atoms with Crippen molar-refractivity contribution >= 4 is 31.6 Å². The van der Waals surface area contributed by atoms with Crippen molar-refractivity contribution < 1.29 is 26.4 Å². The highest BCUT2D eigenvalue weighted by Gasteiger charge is 2.28. The molecule has 2 saturated heterocycles. The molecule has 0 unspecified atom stereocenters. The Morgan fingerprint density at radius 2 is 1.55 bits per heavy atom. The number of nitrogens with zero attached hydrogens (tertiary/aromatic N) is 3. The van der Waals surface area contributed by atoms with Gasteiger partial charge in [-0.25, -0.2) is 16.8 Å². The van der Waals surface area contributed by atoms with Crippen LogP contribution in [0.15, 0.2) is 29.2 Å². The van der Waals surface area contributed by atoms with E-state index in [9.17, 15) is 21.6 Å². The number of likely N-dealkylation sites (tertiary alicyclic amines) is 1. The monoisotopic (exact) mass is 445 g/mol. The lowest BCUT2D eigenvalue weighted by atomic mass is 10.1. The molecule has 11 heteroatoms. The molecule has 0 atom stereocenters. The third-order valence-corrected chi connectivity index (χ3v) is 8.17. The van der Waals surface area contributed by atoms with Crippen LogP contribution in [0.25, 0.3) is 0 Å². The molecule has 2 aliphatic heterocycles. The fourth-order valence-electron chi connectivity index (χ4n) is 3.49. The summed E-state index contributed by atoms with van der Waals surface area (Å²) in [6.45, 7) is 2.22. The molecule has 3 rings (SSSR count). The molecule has 0 bridgehead atoms. The summed E-state index contributed by atoms with van der Waals surface area (Å²) < 4.78 is 57.6. The van der Waals surface area contributed by atoms with Crippen molar-refractivity contribution in [2.75, 3.05) is 56.5 Å². The number of sulfonamides is 2. The molecule has 0 spiro atoms. The zero-order valence-electron chi connectivity index (χ0n) is 16.5. The quantitative estimate of drug-likeness (QED) is 0.631. The minimum Gasteiger partial charge on any atom is -0.379 e. The second-order valence-electron chi connectivity index (χ2n) is 7.22. The Morgan fingerprint density at radius 3 is 2.10 bits per heavy atom. The van der Waals surface area contributed by atoms with Gasteiger partial charge in [0, 0.05) is 26.2 Å². The van der Waals surface area contributed by atoms with E-state index in [1.165, 1.54) is 28.6 Å². The van der Waals surface area contributed by atoms with Gasteiger partial charge in [-0.2, -0.15) is 4.31 Å². The number of hydrogen-bond donors (Lipinski definition) is 0. The topological polar surface area (TPSA) is 104 Å². The highest BCUT2D eigenvalue weighted by molar-refractivity contribution is 7.92. The normalized spacial score (nSPS) is 19.1. The molecule has 0 N–H and O–H groups in total. The first-order valence-corrected chi connectivity index (χ1v) is 12.9. The van der Waals surface area contributed by atoms with E-state index in [-0.39, 0.29) is 36.1 Å². The lowest BCUT2D eigenvalue weighted by Gasteiger charge is -2.30. The van der Waals surface area contributed by atoms with E-state index in [0.29, 0.717) is 26.3 Å². The van der Waals surface area contributed by atoms with Gasteiger partial charge in [0.2, 0.25) is 26.0 Å². The minimum atomic E-state index is -3.71. The molecular formula is C18H27N3O6S2. The van der Waals surface area contributed by atoms with Gasteiger partial charge < -0.3 is 9.64 Å². The van der Waals surface area contributed by atoms with Crippen LogP contribution in [0.1, 0.15) is 19.3 Å². The van der Waals surface area contributed by atoms with Gasteiger partial charge in [0.1, 0.15) is 6.54 Å². The number of anilines is 1. The number of carbonyl (C=O) groups excluding carboxylic acids is 1. The molecule has 1 amide bonds. The Morgan fingerprint density at radius 1 is 0.966 bits per heavy atom. The van der Waals surface area contributed by atoms with Gasteiger partial charge in [-0.1, -0.05) is 0 Å². The second kappa shape index (κ2) is 8.99. The summed E-state index contributed by atoms with van der Waals surface area (Å²) in [5, 5.41) is 0. The van der Waals surface area contributed by atoms with E-state index in [0.717, 1.165) is 29.8 Å². The van der Waals surface area contributed by atoms with E-state index >= 15 is 0 Å². The SMILES string of the molecule is CS(=O)(=O)N(CC(=O)N1CCCCC1)c1ccc(S(=O)(=O)N2CCOCC2)cc1. The zero-order valence-corrected chi connectivity index (χ0v) is 18.1. The Bertz CT molecular complexity index is 919. The molecule has 1 aromatic rings. The Kier molecular flexibility index (Phi) is 6.82. The molecule has 0 saturated carbocycles. The number of amides is 1. The predicted octanol–water partition coefficient (Wildman–Crippen LogP) is 0.486. The van der Waals surface area contributed by atoms with Crippen LogP contribution in [-0.2, 0) is 29.6 Å². The van der Waals surface area contributed by atoms with E-state index in [1.807, 2.05) is 0 Å². The van der Waals surface area contributed by atoms with Crippen molar-refractivity contribution in [2.24, 2.45) is 0 Å². The molecule has 2 heterocycles. The second-order valence-corrected chi connectivity index (χ2v) is 11.1. The average Bonchev–Trinajstić information content (AvgIpc) is 2.72. The van der Waals surface area contributed by atoms with Gasteiger partial charge in [0.05, 0.1) is 30.1 Å². The molecule has 162 valence electrons. The Labute approximate surface area is 172 Å². The van der Waals surface area contributed by atoms with Crippen LogP contribution < -0.4 is 4.31 Å². The van der Waals surface area contributed by atoms with Gasteiger partial charge >= 0.3 is 0 Å².